The largest absolute Gasteiger partial charge is 0.370 e. The van der Waals surface area contributed by atoms with Crippen molar-refractivity contribution in [1.29, 1.82) is 0 Å². The van der Waals surface area contributed by atoms with Crippen molar-refractivity contribution in [1.82, 2.24) is 9.88 Å². The van der Waals surface area contributed by atoms with E-state index in [9.17, 15) is 0 Å². The van der Waals surface area contributed by atoms with Crippen LogP contribution < -0.4 is 5.32 Å². The molecule has 112 valence electrons. The molecule has 0 aliphatic carbocycles. The molecular weight excluding hydrogens is 270 g/mol. The maximum atomic E-state index is 6.30. The molecule has 20 heavy (non-hydrogen) atoms. The molecule has 3 nitrogen and oxygen atoms in total. The highest BCUT2D eigenvalue weighted by atomic mass is 35.5. The Balaban J connectivity index is 2.00. The summed E-state index contributed by atoms with van der Waals surface area (Å²) in [6, 6.07) is 3.92. The molecule has 1 N–H and O–H groups in total. The summed E-state index contributed by atoms with van der Waals surface area (Å²) in [5.41, 5.74) is 1.00. The van der Waals surface area contributed by atoms with Crippen molar-refractivity contribution in [2.24, 2.45) is 5.92 Å². The molecule has 1 aromatic heterocycles. The van der Waals surface area contributed by atoms with E-state index in [1.54, 1.807) is 0 Å². The molecule has 2 rings (SSSR count). The third-order valence-electron chi connectivity index (χ3n) is 3.96. The molecule has 0 aromatic carbocycles. The van der Waals surface area contributed by atoms with Gasteiger partial charge in [0, 0.05) is 13.1 Å². The lowest BCUT2D eigenvalue weighted by Crippen LogP contribution is -2.25. The van der Waals surface area contributed by atoms with Gasteiger partial charge in [0.2, 0.25) is 0 Å². The van der Waals surface area contributed by atoms with Gasteiger partial charge in [0.15, 0.2) is 0 Å². The van der Waals surface area contributed by atoms with Gasteiger partial charge < -0.3 is 5.32 Å². The summed E-state index contributed by atoms with van der Waals surface area (Å²) in [4.78, 5) is 7.16. The van der Waals surface area contributed by atoms with Gasteiger partial charge in [-0.15, -0.1) is 0 Å². The first-order valence-corrected chi connectivity index (χ1v) is 8.18. The highest BCUT2D eigenvalue weighted by molar-refractivity contribution is 6.31. The molecule has 0 bridgehead atoms. The zero-order valence-corrected chi connectivity index (χ0v) is 13.4. The highest BCUT2D eigenvalue weighted by Gasteiger charge is 2.15. The molecule has 1 unspecified atom stereocenters. The van der Waals surface area contributed by atoms with Crippen LogP contribution in [0.25, 0.3) is 0 Å². The van der Waals surface area contributed by atoms with Gasteiger partial charge in [-0.2, -0.15) is 0 Å². The zero-order valence-electron chi connectivity index (χ0n) is 12.7. The normalized spacial score (nSPS) is 20.6. The molecule has 4 heteroatoms. The summed E-state index contributed by atoms with van der Waals surface area (Å²) in [5.74, 6) is 1.79. The molecule has 0 saturated carbocycles. The third-order valence-corrected chi connectivity index (χ3v) is 4.30. The van der Waals surface area contributed by atoms with Crippen LogP contribution in [0.4, 0.5) is 5.82 Å². The van der Waals surface area contributed by atoms with Crippen LogP contribution in [0.2, 0.25) is 5.02 Å². The Labute approximate surface area is 127 Å². The van der Waals surface area contributed by atoms with Crippen LogP contribution in [0.3, 0.4) is 0 Å². The van der Waals surface area contributed by atoms with Gasteiger partial charge in [0.05, 0.1) is 10.7 Å². The van der Waals surface area contributed by atoms with E-state index in [-0.39, 0.29) is 0 Å². The quantitative estimate of drug-likeness (QED) is 0.883. The van der Waals surface area contributed by atoms with Gasteiger partial charge >= 0.3 is 0 Å². The molecule has 2 heterocycles. The van der Waals surface area contributed by atoms with Crippen LogP contribution in [0.5, 0.6) is 0 Å². The number of halogens is 1. The maximum absolute atomic E-state index is 6.30. The Hall–Kier alpha value is -0.800. The van der Waals surface area contributed by atoms with Crippen LogP contribution in [0, 0.1) is 5.92 Å². The number of likely N-dealkylation sites (tertiary alicyclic amines) is 1. The first kappa shape index (κ1) is 15.6. The van der Waals surface area contributed by atoms with E-state index in [0.717, 1.165) is 55.1 Å². The highest BCUT2D eigenvalue weighted by Crippen LogP contribution is 2.22. The van der Waals surface area contributed by atoms with E-state index < -0.39 is 0 Å². The number of hydrogen-bond acceptors (Lipinski definition) is 3. The van der Waals surface area contributed by atoms with Crippen molar-refractivity contribution >= 4 is 17.4 Å². The van der Waals surface area contributed by atoms with Gasteiger partial charge in [-0.3, -0.25) is 4.90 Å². The fourth-order valence-corrected chi connectivity index (χ4v) is 2.80. The Bertz CT molecular complexity index is 422. The van der Waals surface area contributed by atoms with Crippen LogP contribution >= 0.6 is 11.6 Å². The molecule has 1 atom stereocenters. The maximum Gasteiger partial charge on any atom is 0.126 e. The van der Waals surface area contributed by atoms with E-state index in [4.69, 9.17) is 11.6 Å². The number of aromatic nitrogens is 1. The molecule has 1 aromatic rings. The number of hydrogen-bond donors (Lipinski definition) is 1. The summed E-state index contributed by atoms with van der Waals surface area (Å²) in [6.45, 7) is 8.65. The summed E-state index contributed by atoms with van der Waals surface area (Å²) in [5, 5.41) is 4.11. The second-order valence-corrected chi connectivity index (χ2v) is 6.27. The fraction of sp³-hybridized carbons (Fsp3) is 0.688. The number of nitrogens with one attached hydrogen (secondary N) is 1. The lowest BCUT2D eigenvalue weighted by molar-refractivity contribution is 0.270. The number of nitrogens with zero attached hydrogens (tertiary/aromatic N) is 2. The minimum Gasteiger partial charge on any atom is -0.370 e. The molecular formula is C16H26ClN3. The molecule has 1 aliphatic heterocycles. The molecule has 1 fully saturated rings. The standard InChI is InChI=1S/C16H26ClN3/c1-3-9-18-16-7-6-14(17)15(19-16)12-20-10-4-5-13(2)8-11-20/h6-7,13H,3-5,8-12H2,1-2H3,(H,18,19). The van der Waals surface area contributed by atoms with Crippen molar-refractivity contribution < 1.29 is 0 Å². The number of pyridine rings is 1. The van der Waals surface area contributed by atoms with E-state index in [1.165, 1.54) is 19.3 Å². The van der Waals surface area contributed by atoms with E-state index in [0.29, 0.717) is 0 Å². The Morgan fingerprint density at radius 1 is 1.35 bits per heavy atom. The second kappa shape index (κ2) is 7.84. The Morgan fingerprint density at radius 3 is 3.00 bits per heavy atom. The fourth-order valence-electron chi connectivity index (χ4n) is 2.64. The van der Waals surface area contributed by atoms with Crippen LogP contribution in [0.15, 0.2) is 12.1 Å². The summed E-state index contributed by atoms with van der Waals surface area (Å²) in [6.07, 6.45) is 5.01. The Kier molecular flexibility index (Phi) is 6.11. The van der Waals surface area contributed by atoms with E-state index in [2.05, 4.69) is 29.0 Å². The summed E-state index contributed by atoms with van der Waals surface area (Å²) >= 11 is 6.30. The zero-order chi connectivity index (χ0) is 14.4. The van der Waals surface area contributed by atoms with Crippen molar-refractivity contribution in [3.63, 3.8) is 0 Å². The van der Waals surface area contributed by atoms with Crippen molar-refractivity contribution in [2.75, 3.05) is 25.0 Å². The monoisotopic (exact) mass is 295 g/mol. The minimum atomic E-state index is 0.782. The summed E-state index contributed by atoms with van der Waals surface area (Å²) in [7, 11) is 0. The minimum absolute atomic E-state index is 0.782. The van der Waals surface area contributed by atoms with Gasteiger partial charge in [-0.1, -0.05) is 25.4 Å². The van der Waals surface area contributed by atoms with Gasteiger partial charge in [0.25, 0.3) is 0 Å². The first-order chi connectivity index (χ1) is 9.69. The first-order valence-electron chi connectivity index (χ1n) is 7.80. The van der Waals surface area contributed by atoms with Gasteiger partial charge in [-0.25, -0.2) is 4.98 Å². The lowest BCUT2D eigenvalue weighted by atomic mass is 10.0. The number of rotatable bonds is 5. The van der Waals surface area contributed by atoms with E-state index >= 15 is 0 Å². The molecule has 0 radical (unpaired) electrons. The molecule has 1 saturated heterocycles. The predicted molar refractivity (Wildman–Crippen MR) is 86.3 cm³/mol. The molecule has 0 amide bonds. The molecule has 1 aliphatic rings. The van der Waals surface area contributed by atoms with Gasteiger partial charge in [0.1, 0.15) is 5.82 Å². The average Bonchev–Trinajstić information content (AvgIpc) is 2.64. The second-order valence-electron chi connectivity index (χ2n) is 5.86. The Morgan fingerprint density at radius 2 is 2.20 bits per heavy atom. The van der Waals surface area contributed by atoms with Gasteiger partial charge in [-0.05, 0) is 56.8 Å². The van der Waals surface area contributed by atoms with Crippen molar-refractivity contribution in [2.45, 2.75) is 46.1 Å². The predicted octanol–water partition coefficient (Wildman–Crippen LogP) is 4.18. The lowest BCUT2D eigenvalue weighted by Gasteiger charge is -2.20. The third kappa shape index (κ3) is 4.64. The van der Waals surface area contributed by atoms with E-state index in [1.807, 2.05) is 12.1 Å². The van der Waals surface area contributed by atoms with Crippen LogP contribution in [-0.4, -0.2) is 29.5 Å². The smallest absolute Gasteiger partial charge is 0.126 e. The van der Waals surface area contributed by atoms with Crippen molar-refractivity contribution in [3.05, 3.63) is 22.8 Å². The van der Waals surface area contributed by atoms with Crippen LogP contribution in [0.1, 0.15) is 45.2 Å². The number of anilines is 1. The van der Waals surface area contributed by atoms with Crippen molar-refractivity contribution in [3.8, 4) is 0 Å². The molecule has 0 spiro atoms. The topological polar surface area (TPSA) is 28.2 Å². The van der Waals surface area contributed by atoms with Crippen LogP contribution in [-0.2, 0) is 6.54 Å². The average molecular weight is 296 g/mol. The SMILES string of the molecule is CCCNc1ccc(Cl)c(CN2CCCC(C)CC2)n1. The summed E-state index contributed by atoms with van der Waals surface area (Å²) < 4.78 is 0.